The van der Waals surface area contributed by atoms with E-state index in [0.29, 0.717) is 27.5 Å². The summed E-state index contributed by atoms with van der Waals surface area (Å²) in [4.78, 5) is 4.22. The summed E-state index contributed by atoms with van der Waals surface area (Å²) in [6, 6.07) is 13.1. The van der Waals surface area contributed by atoms with Crippen LogP contribution >= 0.6 is 35.4 Å². The van der Waals surface area contributed by atoms with Gasteiger partial charge < -0.3 is 15.1 Å². The number of aromatic nitrogens is 1. The van der Waals surface area contributed by atoms with Gasteiger partial charge in [-0.05, 0) is 67.2 Å². The van der Waals surface area contributed by atoms with Crippen LogP contribution in [0.2, 0.25) is 10.0 Å². The Morgan fingerprint density at radius 2 is 1.92 bits per heavy atom. The summed E-state index contributed by atoms with van der Waals surface area (Å²) in [5.41, 5.74) is 1.95. The monoisotopic (exact) mass is 391 g/mol. The van der Waals surface area contributed by atoms with Gasteiger partial charge >= 0.3 is 0 Å². The largest absolute Gasteiger partial charge is 0.459 e. The highest BCUT2D eigenvalue weighted by atomic mass is 35.5. The van der Waals surface area contributed by atoms with Crippen LogP contribution in [0.25, 0.3) is 11.3 Å². The van der Waals surface area contributed by atoms with Gasteiger partial charge in [-0.1, -0.05) is 23.2 Å². The standard InChI is InChI=1S/C18H15Cl2N3OS/c1-11-8-15(20)17(21-9-11)23-18(25)22-10-14-6-7-16(24-14)12-2-4-13(19)5-3-12/h2-9H,10H2,1H3,(H2,21,22,23,25). The quantitative estimate of drug-likeness (QED) is 0.579. The molecule has 3 aromatic rings. The van der Waals surface area contributed by atoms with E-state index in [0.717, 1.165) is 22.6 Å². The predicted molar refractivity (Wildman–Crippen MR) is 106 cm³/mol. The number of hydrogen-bond acceptors (Lipinski definition) is 3. The zero-order chi connectivity index (χ0) is 17.8. The summed E-state index contributed by atoms with van der Waals surface area (Å²) in [7, 11) is 0. The van der Waals surface area contributed by atoms with Gasteiger partial charge in [0.1, 0.15) is 11.5 Å². The molecule has 0 unspecified atom stereocenters. The number of halogens is 2. The van der Waals surface area contributed by atoms with Crippen molar-refractivity contribution < 1.29 is 4.42 Å². The molecule has 0 aliphatic rings. The van der Waals surface area contributed by atoms with Crippen molar-refractivity contribution in [2.24, 2.45) is 0 Å². The third kappa shape index (κ3) is 4.72. The number of thiocarbonyl (C=S) groups is 1. The van der Waals surface area contributed by atoms with E-state index in [2.05, 4.69) is 15.6 Å². The Morgan fingerprint density at radius 3 is 2.64 bits per heavy atom. The van der Waals surface area contributed by atoms with Gasteiger partial charge in [0.05, 0.1) is 11.6 Å². The Kier molecular flexibility index (Phi) is 5.58. The highest BCUT2D eigenvalue weighted by Crippen LogP contribution is 2.24. The maximum Gasteiger partial charge on any atom is 0.172 e. The van der Waals surface area contributed by atoms with Crippen LogP contribution < -0.4 is 10.6 Å². The molecule has 4 nitrogen and oxygen atoms in total. The van der Waals surface area contributed by atoms with Gasteiger partial charge in [0, 0.05) is 16.8 Å². The lowest BCUT2D eigenvalue weighted by Crippen LogP contribution is -2.28. The third-order valence-corrected chi connectivity index (χ3v) is 4.21. The highest BCUT2D eigenvalue weighted by Gasteiger charge is 2.07. The van der Waals surface area contributed by atoms with E-state index >= 15 is 0 Å². The first kappa shape index (κ1) is 17.7. The molecule has 0 fully saturated rings. The molecule has 3 rings (SSSR count). The van der Waals surface area contributed by atoms with Crippen molar-refractivity contribution in [3.8, 4) is 11.3 Å². The molecule has 0 spiro atoms. The summed E-state index contributed by atoms with van der Waals surface area (Å²) in [6.07, 6.45) is 1.72. The van der Waals surface area contributed by atoms with Crippen LogP contribution in [0.5, 0.6) is 0 Å². The van der Waals surface area contributed by atoms with Crippen molar-refractivity contribution in [2.75, 3.05) is 5.32 Å². The highest BCUT2D eigenvalue weighted by molar-refractivity contribution is 7.80. The Balaban J connectivity index is 1.58. The first-order valence-corrected chi connectivity index (χ1v) is 8.69. The van der Waals surface area contributed by atoms with Crippen LogP contribution in [0.4, 0.5) is 5.82 Å². The number of aryl methyl sites for hydroxylation is 1. The van der Waals surface area contributed by atoms with E-state index < -0.39 is 0 Å². The topological polar surface area (TPSA) is 50.1 Å². The molecular formula is C18H15Cl2N3OS. The van der Waals surface area contributed by atoms with Gasteiger partial charge in [-0.15, -0.1) is 0 Å². The van der Waals surface area contributed by atoms with E-state index in [1.807, 2.05) is 49.4 Å². The molecule has 0 radical (unpaired) electrons. The number of rotatable bonds is 4. The van der Waals surface area contributed by atoms with Crippen molar-refractivity contribution in [3.63, 3.8) is 0 Å². The molecule has 2 aromatic heterocycles. The predicted octanol–water partition coefficient (Wildman–Crippen LogP) is 5.44. The average Bonchev–Trinajstić information content (AvgIpc) is 3.05. The van der Waals surface area contributed by atoms with Gasteiger partial charge in [0.2, 0.25) is 0 Å². The number of benzene rings is 1. The Morgan fingerprint density at radius 1 is 1.16 bits per heavy atom. The summed E-state index contributed by atoms with van der Waals surface area (Å²) >= 11 is 17.3. The zero-order valence-corrected chi connectivity index (χ0v) is 15.7. The Hall–Kier alpha value is -2.08. The molecule has 0 bridgehead atoms. The fraction of sp³-hybridized carbons (Fsp3) is 0.111. The van der Waals surface area contributed by atoms with E-state index in [9.17, 15) is 0 Å². The lowest BCUT2D eigenvalue weighted by atomic mass is 10.2. The molecule has 0 saturated carbocycles. The smallest absolute Gasteiger partial charge is 0.172 e. The van der Waals surface area contributed by atoms with Crippen LogP contribution in [0, 0.1) is 6.92 Å². The minimum absolute atomic E-state index is 0.419. The maximum atomic E-state index is 6.13. The molecule has 128 valence electrons. The fourth-order valence-electron chi connectivity index (χ4n) is 2.19. The molecule has 0 saturated heterocycles. The number of hydrogen-bond donors (Lipinski definition) is 2. The molecule has 0 aliphatic heterocycles. The normalized spacial score (nSPS) is 10.5. The Bertz CT molecular complexity index is 894. The van der Waals surface area contributed by atoms with Crippen LogP contribution in [0.15, 0.2) is 53.1 Å². The molecular weight excluding hydrogens is 377 g/mol. The molecule has 7 heteroatoms. The fourth-order valence-corrected chi connectivity index (χ4v) is 2.75. The van der Waals surface area contributed by atoms with Gasteiger partial charge in [0.15, 0.2) is 10.9 Å². The van der Waals surface area contributed by atoms with Crippen LogP contribution in [0.1, 0.15) is 11.3 Å². The van der Waals surface area contributed by atoms with Crippen molar-refractivity contribution in [1.82, 2.24) is 10.3 Å². The van der Waals surface area contributed by atoms with Crippen LogP contribution in [-0.2, 0) is 6.54 Å². The van der Waals surface area contributed by atoms with Crippen molar-refractivity contribution in [3.05, 3.63) is 70.0 Å². The van der Waals surface area contributed by atoms with Gasteiger partial charge in [-0.25, -0.2) is 4.98 Å². The second-order valence-corrected chi connectivity index (χ2v) is 6.68. The minimum Gasteiger partial charge on any atom is -0.459 e. The average molecular weight is 392 g/mol. The number of nitrogens with one attached hydrogen (secondary N) is 2. The minimum atomic E-state index is 0.419. The molecule has 25 heavy (non-hydrogen) atoms. The Labute approximate surface area is 161 Å². The summed E-state index contributed by atoms with van der Waals surface area (Å²) in [6.45, 7) is 2.37. The lowest BCUT2D eigenvalue weighted by Gasteiger charge is -2.10. The number of pyridine rings is 1. The van der Waals surface area contributed by atoms with Gasteiger partial charge in [-0.2, -0.15) is 0 Å². The third-order valence-electron chi connectivity index (χ3n) is 3.42. The number of nitrogens with zero attached hydrogens (tertiary/aromatic N) is 1. The molecule has 1 aromatic carbocycles. The van der Waals surface area contributed by atoms with E-state index in [-0.39, 0.29) is 0 Å². The number of anilines is 1. The maximum absolute atomic E-state index is 6.13. The second kappa shape index (κ2) is 7.87. The zero-order valence-electron chi connectivity index (χ0n) is 13.3. The van der Waals surface area contributed by atoms with E-state index in [4.69, 9.17) is 39.8 Å². The summed E-state index contributed by atoms with van der Waals surface area (Å²) in [5.74, 6) is 2.05. The number of furan rings is 1. The molecule has 0 aliphatic carbocycles. The van der Waals surface area contributed by atoms with Gasteiger partial charge in [-0.3, -0.25) is 0 Å². The first-order valence-electron chi connectivity index (χ1n) is 7.53. The van der Waals surface area contributed by atoms with Crippen LogP contribution in [0.3, 0.4) is 0 Å². The lowest BCUT2D eigenvalue weighted by molar-refractivity contribution is 0.516. The second-order valence-electron chi connectivity index (χ2n) is 5.42. The molecule has 2 heterocycles. The molecule has 0 atom stereocenters. The van der Waals surface area contributed by atoms with Crippen molar-refractivity contribution >= 4 is 46.4 Å². The van der Waals surface area contributed by atoms with Crippen molar-refractivity contribution in [1.29, 1.82) is 0 Å². The van der Waals surface area contributed by atoms with Gasteiger partial charge in [0.25, 0.3) is 0 Å². The summed E-state index contributed by atoms with van der Waals surface area (Å²) < 4.78 is 5.81. The summed E-state index contributed by atoms with van der Waals surface area (Å²) in [5, 5.41) is 7.67. The van der Waals surface area contributed by atoms with Crippen LogP contribution in [-0.4, -0.2) is 10.1 Å². The molecule has 2 N–H and O–H groups in total. The van der Waals surface area contributed by atoms with Crippen molar-refractivity contribution in [2.45, 2.75) is 13.5 Å². The van der Waals surface area contributed by atoms with E-state index in [1.165, 1.54) is 0 Å². The molecule has 0 amide bonds. The SMILES string of the molecule is Cc1cnc(NC(=S)NCc2ccc(-c3ccc(Cl)cc3)o2)c(Cl)c1. The van der Waals surface area contributed by atoms with E-state index in [1.54, 1.807) is 6.20 Å². The first-order chi connectivity index (χ1) is 12.0.